The van der Waals surface area contributed by atoms with Gasteiger partial charge in [-0.15, -0.1) is 0 Å². The van der Waals surface area contributed by atoms with Gasteiger partial charge >= 0.3 is 5.97 Å². The number of para-hydroxylation sites is 1. The molecule has 2 atom stereocenters. The summed E-state index contributed by atoms with van der Waals surface area (Å²) >= 11 is 0. The summed E-state index contributed by atoms with van der Waals surface area (Å²) in [7, 11) is 0. The second-order valence-electron chi connectivity index (χ2n) is 9.67. The molecule has 3 aromatic rings. The molecule has 7 heteroatoms. The first-order chi connectivity index (χ1) is 19.1. The van der Waals surface area contributed by atoms with Gasteiger partial charge in [-0.2, -0.15) is 0 Å². The Kier molecular flexibility index (Phi) is 10.4. The van der Waals surface area contributed by atoms with E-state index in [-0.39, 0.29) is 30.3 Å². The number of rotatable bonds is 13. The molecule has 39 heavy (non-hydrogen) atoms. The molecule has 2 N–H and O–H groups in total. The maximum atomic E-state index is 13.6. The lowest BCUT2D eigenvalue weighted by Gasteiger charge is -2.28. The van der Waals surface area contributed by atoms with E-state index in [2.05, 4.69) is 24.5 Å². The standard InChI is InChI=1S/C32H38N2O5/c1-3-23(4-2)30(22-33-21-27(35)25-16-17-28-29(20-25)38-19-11-18-37-28)39-32(36)31(24-12-7-5-8-13-24)34-26-14-9-6-10-15-26/h5-10,12-17,20,23,30-31,33-34H,3-4,11,18-19,21-22H2,1-2H3/t30-,31+/m0/s1. The minimum absolute atomic E-state index is 0.0619. The van der Waals surface area contributed by atoms with Crippen molar-refractivity contribution in [3.63, 3.8) is 0 Å². The summed E-state index contributed by atoms with van der Waals surface area (Å²) in [6.45, 7) is 5.85. The van der Waals surface area contributed by atoms with Gasteiger partial charge in [-0.1, -0.05) is 62.4 Å². The third-order valence-electron chi connectivity index (χ3n) is 7.00. The van der Waals surface area contributed by atoms with Crippen molar-refractivity contribution in [3.8, 4) is 11.5 Å². The fourth-order valence-electron chi connectivity index (χ4n) is 4.73. The van der Waals surface area contributed by atoms with Gasteiger partial charge in [0.2, 0.25) is 0 Å². The summed E-state index contributed by atoms with van der Waals surface area (Å²) in [5.41, 5.74) is 2.22. The zero-order chi connectivity index (χ0) is 27.5. The zero-order valence-corrected chi connectivity index (χ0v) is 22.7. The van der Waals surface area contributed by atoms with Crippen LogP contribution in [0.25, 0.3) is 0 Å². The van der Waals surface area contributed by atoms with Crippen LogP contribution in [-0.2, 0) is 9.53 Å². The molecule has 0 radical (unpaired) electrons. The number of ketones is 1. The Morgan fingerprint density at radius 2 is 1.54 bits per heavy atom. The van der Waals surface area contributed by atoms with E-state index in [4.69, 9.17) is 14.2 Å². The zero-order valence-electron chi connectivity index (χ0n) is 22.7. The lowest BCUT2D eigenvalue weighted by atomic mass is 9.96. The minimum Gasteiger partial charge on any atom is -0.490 e. The first-order valence-electron chi connectivity index (χ1n) is 13.8. The van der Waals surface area contributed by atoms with Gasteiger partial charge in [-0.05, 0) is 54.7 Å². The van der Waals surface area contributed by atoms with Gasteiger partial charge in [0, 0.05) is 24.2 Å². The van der Waals surface area contributed by atoms with Gasteiger partial charge in [-0.25, -0.2) is 4.79 Å². The van der Waals surface area contributed by atoms with Crippen molar-refractivity contribution in [2.45, 2.75) is 45.3 Å². The number of fused-ring (bicyclic) bond motifs is 1. The molecule has 0 aliphatic carbocycles. The summed E-state index contributed by atoms with van der Waals surface area (Å²) in [6, 6.07) is 23.8. The average Bonchev–Trinajstić information content (AvgIpc) is 3.22. The Labute approximate surface area is 230 Å². The largest absolute Gasteiger partial charge is 0.490 e. The van der Waals surface area contributed by atoms with Crippen LogP contribution < -0.4 is 20.1 Å². The quantitative estimate of drug-likeness (QED) is 0.213. The predicted octanol–water partition coefficient (Wildman–Crippen LogP) is 5.82. The monoisotopic (exact) mass is 530 g/mol. The number of ether oxygens (including phenoxy) is 3. The molecule has 0 amide bonds. The molecule has 206 valence electrons. The second-order valence-corrected chi connectivity index (χ2v) is 9.67. The summed E-state index contributed by atoms with van der Waals surface area (Å²) in [4.78, 5) is 26.5. The van der Waals surface area contributed by atoms with Crippen molar-refractivity contribution < 1.29 is 23.8 Å². The average molecular weight is 531 g/mol. The maximum absolute atomic E-state index is 13.6. The first-order valence-corrected chi connectivity index (χ1v) is 13.8. The highest BCUT2D eigenvalue weighted by atomic mass is 16.5. The van der Waals surface area contributed by atoms with Crippen LogP contribution in [-0.4, -0.2) is 44.2 Å². The molecule has 1 aliphatic rings. The molecule has 7 nitrogen and oxygen atoms in total. The molecular formula is C32H38N2O5. The second kappa shape index (κ2) is 14.4. The number of Topliss-reactive ketones (excluding diaryl/α,β-unsaturated/α-hetero) is 1. The number of carbonyl (C=O) groups is 2. The highest BCUT2D eigenvalue weighted by molar-refractivity contribution is 5.98. The number of hydrogen-bond donors (Lipinski definition) is 2. The molecule has 3 aromatic carbocycles. The number of nitrogens with one attached hydrogen (secondary N) is 2. The lowest BCUT2D eigenvalue weighted by Crippen LogP contribution is -2.40. The molecular weight excluding hydrogens is 492 g/mol. The van der Waals surface area contributed by atoms with Gasteiger partial charge in [0.1, 0.15) is 6.10 Å². The van der Waals surface area contributed by atoms with Crippen LogP contribution in [0.3, 0.4) is 0 Å². The van der Waals surface area contributed by atoms with Crippen LogP contribution in [0.2, 0.25) is 0 Å². The third kappa shape index (κ3) is 7.83. The smallest absolute Gasteiger partial charge is 0.333 e. The molecule has 0 unspecified atom stereocenters. The first kappa shape index (κ1) is 28.2. The van der Waals surface area contributed by atoms with Crippen molar-refractivity contribution in [2.75, 3.05) is 31.6 Å². The summed E-state index contributed by atoms with van der Waals surface area (Å²) in [5, 5.41) is 6.57. The van der Waals surface area contributed by atoms with Gasteiger partial charge in [0.15, 0.2) is 23.3 Å². The molecule has 0 spiro atoms. The molecule has 0 bridgehead atoms. The van der Waals surface area contributed by atoms with Gasteiger partial charge in [0.05, 0.1) is 19.8 Å². The van der Waals surface area contributed by atoms with Gasteiger partial charge in [0.25, 0.3) is 0 Å². The van der Waals surface area contributed by atoms with Crippen LogP contribution in [0.15, 0.2) is 78.9 Å². The Morgan fingerprint density at radius 1 is 0.872 bits per heavy atom. The fourth-order valence-corrected chi connectivity index (χ4v) is 4.73. The molecule has 1 heterocycles. The van der Waals surface area contributed by atoms with E-state index in [1.807, 2.05) is 60.7 Å². The number of carbonyl (C=O) groups excluding carboxylic acids is 2. The molecule has 1 aliphatic heterocycles. The summed E-state index contributed by atoms with van der Waals surface area (Å²) in [6.07, 6.45) is 2.14. The predicted molar refractivity (Wildman–Crippen MR) is 152 cm³/mol. The maximum Gasteiger partial charge on any atom is 0.333 e. The number of anilines is 1. The minimum atomic E-state index is -0.658. The molecule has 4 rings (SSSR count). The van der Waals surface area contributed by atoms with E-state index in [1.54, 1.807) is 18.2 Å². The normalized spacial score (nSPS) is 14.2. The van der Waals surface area contributed by atoms with E-state index in [0.29, 0.717) is 36.8 Å². The molecule has 0 aromatic heterocycles. The number of benzene rings is 3. The van der Waals surface area contributed by atoms with Crippen LogP contribution >= 0.6 is 0 Å². The van der Waals surface area contributed by atoms with E-state index >= 15 is 0 Å². The van der Waals surface area contributed by atoms with Crippen molar-refractivity contribution >= 4 is 17.4 Å². The van der Waals surface area contributed by atoms with Crippen molar-refractivity contribution in [1.82, 2.24) is 5.32 Å². The van der Waals surface area contributed by atoms with E-state index in [9.17, 15) is 9.59 Å². The van der Waals surface area contributed by atoms with Crippen molar-refractivity contribution in [1.29, 1.82) is 0 Å². The van der Waals surface area contributed by atoms with E-state index in [1.165, 1.54) is 0 Å². The topological polar surface area (TPSA) is 85.9 Å². The Bertz CT molecular complexity index is 1200. The highest BCUT2D eigenvalue weighted by Gasteiger charge is 2.29. The van der Waals surface area contributed by atoms with Crippen molar-refractivity contribution in [3.05, 3.63) is 90.0 Å². The van der Waals surface area contributed by atoms with E-state index in [0.717, 1.165) is 30.5 Å². The lowest BCUT2D eigenvalue weighted by molar-refractivity contribution is -0.153. The van der Waals surface area contributed by atoms with Crippen molar-refractivity contribution in [2.24, 2.45) is 5.92 Å². The van der Waals surface area contributed by atoms with Crippen LogP contribution in [0, 0.1) is 5.92 Å². The Hall–Kier alpha value is -3.84. The van der Waals surface area contributed by atoms with Gasteiger partial charge in [-0.3, -0.25) is 4.79 Å². The fraction of sp³-hybridized carbons (Fsp3) is 0.375. The van der Waals surface area contributed by atoms with Gasteiger partial charge < -0.3 is 24.8 Å². The van der Waals surface area contributed by atoms with E-state index < -0.39 is 6.04 Å². The van der Waals surface area contributed by atoms with Crippen LogP contribution in [0.4, 0.5) is 5.69 Å². The SMILES string of the molecule is CCC(CC)[C@H](CNCC(=O)c1ccc2c(c1)OCCCO2)OC(=O)[C@H](Nc1ccccc1)c1ccccc1. The van der Waals surface area contributed by atoms with Crippen LogP contribution in [0.1, 0.15) is 55.1 Å². The molecule has 0 saturated heterocycles. The summed E-state index contributed by atoms with van der Waals surface area (Å²) in [5.74, 6) is 1.00. The van der Waals surface area contributed by atoms with Crippen LogP contribution in [0.5, 0.6) is 11.5 Å². The molecule has 0 saturated carbocycles. The number of esters is 1. The Balaban J connectivity index is 1.42. The number of hydrogen-bond acceptors (Lipinski definition) is 7. The molecule has 0 fully saturated rings. The highest BCUT2D eigenvalue weighted by Crippen LogP contribution is 2.30. The summed E-state index contributed by atoms with van der Waals surface area (Å²) < 4.78 is 17.5. The Morgan fingerprint density at radius 3 is 2.23 bits per heavy atom. The third-order valence-corrected chi connectivity index (χ3v) is 7.00.